The van der Waals surface area contributed by atoms with Gasteiger partial charge in [0.25, 0.3) is 0 Å². The Morgan fingerprint density at radius 2 is 1.97 bits per heavy atom. The van der Waals surface area contributed by atoms with Crippen molar-refractivity contribution in [3.05, 3.63) is 82.9 Å². The van der Waals surface area contributed by atoms with Gasteiger partial charge in [-0.1, -0.05) is 30.3 Å². The number of aryl methyl sites for hydroxylation is 1. The van der Waals surface area contributed by atoms with Gasteiger partial charge in [-0.05, 0) is 49.2 Å². The first kappa shape index (κ1) is 18.6. The number of nitrogens with zero attached hydrogens (tertiary/aromatic N) is 3. The van der Waals surface area contributed by atoms with Crippen molar-refractivity contribution in [1.82, 2.24) is 14.5 Å². The summed E-state index contributed by atoms with van der Waals surface area (Å²) in [5.41, 5.74) is 6.69. The monoisotopic (exact) mass is 382 g/mol. The maximum absolute atomic E-state index is 9.76. The summed E-state index contributed by atoms with van der Waals surface area (Å²) in [5.74, 6) is 1.31. The molecule has 5 heteroatoms. The molecule has 0 aliphatic heterocycles. The van der Waals surface area contributed by atoms with Gasteiger partial charge in [0.05, 0.1) is 23.7 Å². The Bertz CT molecular complexity index is 1240. The average molecular weight is 382 g/mol. The van der Waals surface area contributed by atoms with E-state index >= 15 is 0 Å². The van der Waals surface area contributed by atoms with Crippen molar-refractivity contribution in [1.29, 1.82) is 5.26 Å². The third kappa shape index (κ3) is 3.65. The van der Waals surface area contributed by atoms with Gasteiger partial charge < -0.3 is 14.3 Å². The van der Waals surface area contributed by atoms with Crippen LogP contribution in [0.25, 0.3) is 22.7 Å². The quantitative estimate of drug-likeness (QED) is 0.488. The number of hydrogen-bond acceptors (Lipinski definition) is 3. The van der Waals surface area contributed by atoms with E-state index in [4.69, 9.17) is 4.74 Å². The third-order valence-electron chi connectivity index (χ3n) is 5.16. The summed E-state index contributed by atoms with van der Waals surface area (Å²) in [4.78, 5) is 7.81. The summed E-state index contributed by atoms with van der Waals surface area (Å²) in [6, 6.07) is 20.4. The number of methoxy groups -OCH3 is 1. The lowest BCUT2D eigenvalue weighted by Gasteiger charge is -2.09. The van der Waals surface area contributed by atoms with Crippen molar-refractivity contribution in [2.75, 3.05) is 7.11 Å². The standard InChI is InChI=1S/C24H22N4O/c1-16-11-19(17(2)28(16)15-18-7-5-4-6-8-18)12-20(14-25)24-26-22-10-9-21(29-3)13-23(22)27-24/h4-13H,15H2,1-3H3,(H,26,27)/b20-12+. The van der Waals surface area contributed by atoms with Gasteiger partial charge in [-0.25, -0.2) is 4.98 Å². The van der Waals surface area contributed by atoms with Gasteiger partial charge >= 0.3 is 0 Å². The molecule has 0 saturated heterocycles. The van der Waals surface area contributed by atoms with Crippen LogP contribution in [0.2, 0.25) is 0 Å². The predicted molar refractivity (Wildman–Crippen MR) is 116 cm³/mol. The van der Waals surface area contributed by atoms with Crippen LogP contribution in [-0.4, -0.2) is 21.6 Å². The Morgan fingerprint density at radius 3 is 2.69 bits per heavy atom. The molecule has 2 aromatic heterocycles. The number of allylic oxidation sites excluding steroid dienone is 1. The second-order valence-corrected chi connectivity index (χ2v) is 7.04. The SMILES string of the molecule is COc1ccc2nc(/C(C#N)=C/c3cc(C)n(Cc4ccccc4)c3C)[nH]c2c1. The molecule has 0 saturated carbocycles. The molecule has 5 nitrogen and oxygen atoms in total. The maximum atomic E-state index is 9.76. The molecule has 0 radical (unpaired) electrons. The third-order valence-corrected chi connectivity index (χ3v) is 5.16. The lowest BCUT2D eigenvalue weighted by Crippen LogP contribution is -2.03. The number of aromatic amines is 1. The zero-order valence-electron chi connectivity index (χ0n) is 16.7. The Balaban J connectivity index is 1.71. The number of benzene rings is 2. The summed E-state index contributed by atoms with van der Waals surface area (Å²) in [5, 5.41) is 9.76. The van der Waals surface area contributed by atoms with Gasteiger partial charge in [0.15, 0.2) is 0 Å². The molecule has 0 aliphatic rings. The number of H-pyrrole nitrogens is 1. The molecule has 0 unspecified atom stereocenters. The van der Waals surface area contributed by atoms with Crippen molar-refractivity contribution in [3.63, 3.8) is 0 Å². The van der Waals surface area contributed by atoms with Gasteiger partial charge in [-0.2, -0.15) is 5.26 Å². The summed E-state index contributed by atoms with van der Waals surface area (Å²) in [6.45, 7) is 4.98. The lowest BCUT2D eigenvalue weighted by atomic mass is 10.1. The molecule has 144 valence electrons. The molecule has 0 aliphatic carbocycles. The molecular formula is C24H22N4O. The minimum Gasteiger partial charge on any atom is -0.497 e. The van der Waals surface area contributed by atoms with E-state index in [-0.39, 0.29) is 0 Å². The normalized spacial score (nSPS) is 11.6. The van der Waals surface area contributed by atoms with E-state index in [0.29, 0.717) is 11.4 Å². The van der Waals surface area contributed by atoms with Gasteiger partial charge in [0.2, 0.25) is 0 Å². The Morgan fingerprint density at radius 1 is 1.17 bits per heavy atom. The van der Waals surface area contributed by atoms with E-state index in [2.05, 4.69) is 64.8 Å². The lowest BCUT2D eigenvalue weighted by molar-refractivity contribution is 0.415. The van der Waals surface area contributed by atoms with Crippen molar-refractivity contribution in [2.24, 2.45) is 0 Å². The van der Waals surface area contributed by atoms with Crippen LogP contribution < -0.4 is 4.74 Å². The first-order chi connectivity index (χ1) is 14.1. The number of imidazole rings is 1. The van der Waals surface area contributed by atoms with Crippen LogP contribution in [0.15, 0.2) is 54.6 Å². The fourth-order valence-electron chi connectivity index (χ4n) is 3.54. The minimum atomic E-state index is 0.500. The molecule has 2 heterocycles. The zero-order valence-corrected chi connectivity index (χ0v) is 16.7. The number of aromatic nitrogens is 3. The molecule has 0 spiro atoms. The van der Waals surface area contributed by atoms with Crippen molar-refractivity contribution in [2.45, 2.75) is 20.4 Å². The second kappa shape index (κ2) is 7.69. The van der Waals surface area contributed by atoms with E-state index in [1.54, 1.807) is 7.11 Å². The van der Waals surface area contributed by atoms with Gasteiger partial charge in [0.1, 0.15) is 17.6 Å². The fraction of sp³-hybridized carbons (Fsp3) is 0.167. The molecule has 0 fully saturated rings. The number of rotatable bonds is 5. The second-order valence-electron chi connectivity index (χ2n) is 7.04. The maximum Gasteiger partial charge on any atom is 0.149 e. The van der Waals surface area contributed by atoms with Gasteiger partial charge in [0, 0.05) is 24.0 Å². The van der Waals surface area contributed by atoms with Crippen LogP contribution >= 0.6 is 0 Å². The number of ether oxygens (including phenoxy) is 1. The Labute approximate surface area is 169 Å². The van der Waals surface area contributed by atoms with Crippen molar-refractivity contribution in [3.8, 4) is 11.8 Å². The Kier molecular flexibility index (Phi) is 4.92. The topological polar surface area (TPSA) is 66.6 Å². The smallest absolute Gasteiger partial charge is 0.149 e. The van der Waals surface area contributed by atoms with E-state index in [9.17, 15) is 5.26 Å². The first-order valence-corrected chi connectivity index (χ1v) is 9.45. The van der Waals surface area contributed by atoms with Crippen molar-refractivity contribution < 1.29 is 4.74 Å². The predicted octanol–water partition coefficient (Wildman–Crippen LogP) is 5.10. The largest absolute Gasteiger partial charge is 0.497 e. The van der Waals surface area contributed by atoms with Crippen LogP contribution in [0.4, 0.5) is 0 Å². The summed E-state index contributed by atoms with van der Waals surface area (Å²) in [7, 11) is 1.63. The molecule has 2 aromatic carbocycles. The summed E-state index contributed by atoms with van der Waals surface area (Å²) < 4.78 is 7.53. The molecule has 1 N–H and O–H groups in total. The van der Waals surface area contributed by atoms with E-state index in [1.165, 1.54) is 5.56 Å². The minimum absolute atomic E-state index is 0.500. The molecule has 0 amide bonds. The van der Waals surface area contributed by atoms with Crippen molar-refractivity contribution >= 4 is 22.7 Å². The van der Waals surface area contributed by atoms with Crippen LogP contribution in [0.5, 0.6) is 5.75 Å². The average Bonchev–Trinajstić information content (AvgIpc) is 3.28. The molecule has 0 atom stereocenters. The molecule has 4 rings (SSSR count). The van der Waals surface area contributed by atoms with Crippen LogP contribution in [-0.2, 0) is 6.54 Å². The highest BCUT2D eigenvalue weighted by Crippen LogP contribution is 2.25. The summed E-state index contributed by atoms with van der Waals surface area (Å²) in [6.07, 6.45) is 1.90. The zero-order chi connectivity index (χ0) is 20.4. The number of hydrogen-bond donors (Lipinski definition) is 1. The molecule has 29 heavy (non-hydrogen) atoms. The van der Waals surface area contributed by atoms with E-state index < -0.39 is 0 Å². The van der Waals surface area contributed by atoms with Gasteiger partial charge in [-0.15, -0.1) is 0 Å². The highest BCUT2D eigenvalue weighted by Gasteiger charge is 2.12. The molecular weight excluding hydrogens is 360 g/mol. The highest BCUT2D eigenvalue weighted by molar-refractivity contribution is 5.91. The van der Waals surface area contributed by atoms with Crippen LogP contribution in [0, 0.1) is 25.2 Å². The summed E-state index contributed by atoms with van der Waals surface area (Å²) >= 11 is 0. The van der Waals surface area contributed by atoms with Crippen LogP contribution in [0.3, 0.4) is 0 Å². The van der Waals surface area contributed by atoms with Gasteiger partial charge in [-0.3, -0.25) is 0 Å². The number of fused-ring (bicyclic) bond motifs is 1. The number of nitriles is 1. The first-order valence-electron chi connectivity index (χ1n) is 9.45. The highest BCUT2D eigenvalue weighted by atomic mass is 16.5. The van der Waals surface area contributed by atoms with E-state index in [0.717, 1.165) is 40.3 Å². The molecule has 4 aromatic rings. The molecule has 0 bridgehead atoms. The van der Waals surface area contributed by atoms with E-state index in [1.807, 2.05) is 30.3 Å². The van der Waals surface area contributed by atoms with Crippen LogP contribution in [0.1, 0.15) is 28.3 Å². The number of nitrogens with one attached hydrogen (secondary N) is 1. The Hall–Kier alpha value is -3.78. The fourth-order valence-corrected chi connectivity index (χ4v) is 3.54.